The number of hydrogen-bond acceptors (Lipinski definition) is 3. The summed E-state index contributed by atoms with van der Waals surface area (Å²) in [6.45, 7) is 4.13. The minimum atomic E-state index is -0.225. The number of para-hydroxylation sites is 2. The number of aryl methyl sites for hydroxylation is 2. The van der Waals surface area contributed by atoms with Gasteiger partial charge in [-0.2, -0.15) is 0 Å². The van der Waals surface area contributed by atoms with Crippen LogP contribution in [0.3, 0.4) is 0 Å². The Kier molecular flexibility index (Phi) is 7.09. The van der Waals surface area contributed by atoms with Gasteiger partial charge in [-0.05, 0) is 85.8 Å². The van der Waals surface area contributed by atoms with Crippen LogP contribution in [0.1, 0.15) is 47.2 Å². The van der Waals surface area contributed by atoms with E-state index in [2.05, 4.69) is 94.9 Å². The molecule has 5 nitrogen and oxygen atoms in total. The zero-order valence-corrected chi connectivity index (χ0v) is 24.1. The fraction of sp³-hybridized carbons (Fsp3) is 0.182. The molecule has 0 fully saturated rings. The summed E-state index contributed by atoms with van der Waals surface area (Å²) in [5, 5.41) is 7.93. The van der Waals surface area contributed by atoms with Gasteiger partial charge in [0.05, 0.1) is 12.1 Å². The SMILES string of the molecule is Cc1ccc(N2C(=S)Nc3ccccc3C2CC(=O)CC2c3ccccc3NC(=S)N2c2ccc(C)cc2)cc1. The molecule has 0 radical (unpaired) electrons. The first-order valence-corrected chi connectivity index (χ1v) is 14.2. The number of nitrogens with one attached hydrogen (secondary N) is 2. The van der Waals surface area contributed by atoms with Crippen molar-refractivity contribution in [1.82, 2.24) is 0 Å². The molecule has 0 amide bonds. The van der Waals surface area contributed by atoms with Crippen LogP contribution in [-0.4, -0.2) is 16.0 Å². The molecule has 2 aliphatic rings. The van der Waals surface area contributed by atoms with Crippen LogP contribution in [0.5, 0.6) is 0 Å². The Labute approximate surface area is 245 Å². The largest absolute Gasteiger partial charge is 0.332 e. The third-order valence-corrected chi connectivity index (χ3v) is 8.25. The van der Waals surface area contributed by atoms with E-state index in [1.165, 1.54) is 11.1 Å². The van der Waals surface area contributed by atoms with E-state index >= 15 is 0 Å². The molecule has 4 aromatic carbocycles. The van der Waals surface area contributed by atoms with Gasteiger partial charge in [-0.1, -0.05) is 71.8 Å². The maximum absolute atomic E-state index is 14.1. The predicted molar refractivity (Wildman–Crippen MR) is 172 cm³/mol. The van der Waals surface area contributed by atoms with Gasteiger partial charge in [-0.15, -0.1) is 0 Å². The lowest BCUT2D eigenvalue weighted by Crippen LogP contribution is -2.45. The molecule has 0 saturated heterocycles. The molecular formula is C33H30N4OS2. The van der Waals surface area contributed by atoms with Gasteiger partial charge in [0.15, 0.2) is 10.2 Å². The number of fused-ring (bicyclic) bond motifs is 2. The number of nitrogens with zero attached hydrogens (tertiary/aromatic N) is 2. The maximum Gasteiger partial charge on any atom is 0.178 e. The van der Waals surface area contributed by atoms with E-state index in [-0.39, 0.29) is 17.9 Å². The Morgan fingerprint density at radius 3 is 1.40 bits per heavy atom. The summed E-state index contributed by atoms with van der Waals surface area (Å²) in [5.74, 6) is 0.142. The highest BCUT2D eigenvalue weighted by Gasteiger charge is 2.36. The third-order valence-electron chi connectivity index (χ3n) is 7.65. The van der Waals surface area contributed by atoms with Gasteiger partial charge in [0.2, 0.25) is 0 Å². The van der Waals surface area contributed by atoms with Crippen LogP contribution >= 0.6 is 24.4 Å². The number of ketones is 1. The highest BCUT2D eigenvalue weighted by atomic mass is 32.1. The van der Waals surface area contributed by atoms with Gasteiger partial charge in [-0.25, -0.2) is 0 Å². The molecule has 2 heterocycles. The monoisotopic (exact) mass is 562 g/mol. The molecule has 0 spiro atoms. The lowest BCUT2D eigenvalue weighted by Gasteiger charge is -2.41. The molecule has 4 aromatic rings. The number of carbonyl (C=O) groups is 1. The van der Waals surface area contributed by atoms with Gasteiger partial charge < -0.3 is 20.4 Å². The van der Waals surface area contributed by atoms with E-state index in [4.69, 9.17) is 24.4 Å². The van der Waals surface area contributed by atoms with Crippen LogP contribution in [-0.2, 0) is 4.79 Å². The number of thiocarbonyl (C=S) groups is 2. The summed E-state index contributed by atoms with van der Waals surface area (Å²) in [7, 11) is 0. The van der Waals surface area contributed by atoms with Crippen molar-refractivity contribution in [3.8, 4) is 0 Å². The standard InChI is InChI=1S/C33H30N4OS2/c1-21-11-15-23(16-12-21)36-30(26-7-3-5-9-28(26)34-32(36)39)19-25(38)20-31-27-8-4-6-10-29(27)35-33(40)37(31)24-17-13-22(2)14-18-24/h3-18,30-31H,19-20H2,1-2H3,(H,34,39)(H,35,40). The van der Waals surface area contributed by atoms with Crippen molar-refractivity contribution in [3.05, 3.63) is 119 Å². The van der Waals surface area contributed by atoms with Gasteiger partial charge in [0.25, 0.3) is 0 Å². The number of hydrogen-bond donors (Lipinski definition) is 2. The average molecular weight is 563 g/mol. The molecule has 0 bridgehead atoms. The number of carbonyl (C=O) groups excluding carboxylic acids is 1. The van der Waals surface area contributed by atoms with E-state index in [1.54, 1.807) is 0 Å². The number of rotatable bonds is 6. The summed E-state index contributed by atoms with van der Waals surface area (Å²) >= 11 is 11.7. The minimum absolute atomic E-state index is 0.142. The summed E-state index contributed by atoms with van der Waals surface area (Å²) in [6.07, 6.45) is 0.626. The number of benzene rings is 4. The first-order valence-electron chi connectivity index (χ1n) is 13.4. The highest BCUT2D eigenvalue weighted by molar-refractivity contribution is 7.81. The van der Waals surface area contributed by atoms with Crippen molar-refractivity contribution in [2.45, 2.75) is 38.8 Å². The molecule has 0 aliphatic carbocycles. The molecule has 2 aliphatic heterocycles. The van der Waals surface area contributed by atoms with E-state index in [9.17, 15) is 4.79 Å². The first-order chi connectivity index (χ1) is 19.4. The summed E-state index contributed by atoms with van der Waals surface area (Å²) < 4.78 is 0. The minimum Gasteiger partial charge on any atom is -0.332 e. The number of anilines is 4. The summed E-state index contributed by atoms with van der Waals surface area (Å²) in [4.78, 5) is 18.2. The first kappa shape index (κ1) is 26.2. The van der Waals surface area contributed by atoms with Crippen LogP contribution < -0.4 is 20.4 Å². The Morgan fingerprint density at radius 1 is 0.625 bits per heavy atom. The maximum atomic E-state index is 14.1. The zero-order chi connectivity index (χ0) is 27.8. The van der Waals surface area contributed by atoms with Crippen molar-refractivity contribution in [3.63, 3.8) is 0 Å². The molecule has 0 saturated carbocycles. The van der Waals surface area contributed by atoms with Crippen molar-refractivity contribution >= 4 is 63.2 Å². The molecule has 6 rings (SSSR count). The fourth-order valence-electron chi connectivity index (χ4n) is 5.64. The van der Waals surface area contributed by atoms with E-state index in [0.717, 1.165) is 33.9 Å². The third kappa shape index (κ3) is 4.98. The Hall–Kier alpha value is -4.07. The Morgan fingerprint density at radius 2 is 1.00 bits per heavy atom. The summed E-state index contributed by atoms with van der Waals surface area (Å²) in [6, 6.07) is 32.3. The summed E-state index contributed by atoms with van der Waals surface area (Å²) in [5.41, 5.74) is 8.28. The van der Waals surface area contributed by atoms with Crippen LogP contribution in [0.4, 0.5) is 22.7 Å². The molecule has 2 unspecified atom stereocenters. The lowest BCUT2D eigenvalue weighted by atomic mass is 9.90. The zero-order valence-electron chi connectivity index (χ0n) is 22.4. The lowest BCUT2D eigenvalue weighted by molar-refractivity contribution is -0.119. The van der Waals surface area contributed by atoms with Gasteiger partial charge >= 0.3 is 0 Å². The van der Waals surface area contributed by atoms with Crippen LogP contribution in [0, 0.1) is 13.8 Å². The second-order valence-electron chi connectivity index (χ2n) is 10.4. The quantitative estimate of drug-likeness (QED) is 0.232. The van der Waals surface area contributed by atoms with Crippen LogP contribution in [0.15, 0.2) is 97.1 Å². The Balaban J connectivity index is 1.35. The van der Waals surface area contributed by atoms with E-state index in [1.807, 2.05) is 36.4 Å². The molecule has 40 heavy (non-hydrogen) atoms. The highest BCUT2D eigenvalue weighted by Crippen LogP contribution is 2.42. The van der Waals surface area contributed by atoms with E-state index in [0.29, 0.717) is 23.1 Å². The van der Waals surface area contributed by atoms with Gasteiger partial charge in [-0.3, -0.25) is 4.79 Å². The van der Waals surface area contributed by atoms with Crippen LogP contribution in [0.2, 0.25) is 0 Å². The molecule has 2 atom stereocenters. The predicted octanol–water partition coefficient (Wildman–Crippen LogP) is 7.87. The average Bonchev–Trinajstić information content (AvgIpc) is 2.94. The van der Waals surface area contributed by atoms with Crippen molar-refractivity contribution in [2.75, 3.05) is 20.4 Å². The molecule has 7 heteroatoms. The van der Waals surface area contributed by atoms with Gasteiger partial charge in [0, 0.05) is 35.6 Å². The van der Waals surface area contributed by atoms with Crippen molar-refractivity contribution < 1.29 is 4.79 Å². The van der Waals surface area contributed by atoms with Gasteiger partial charge in [0.1, 0.15) is 5.78 Å². The number of Topliss-reactive ketones (excluding diaryl/α,β-unsaturated/α-hetero) is 1. The second-order valence-corrected chi connectivity index (χ2v) is 11.2. The smallest absolute Gasteiger partial charge is 0.178 e. The van der Waals surface area contributed by atoms with E-state index < -0.39 is 0 Å². The normalized spacial score (nSPS) is 17.9. The van der Waals surface area contributed by atoms with Crippen LogP contribution in [0.25, 0.3) is 0 Å². The molecule has 200 valence electrons. The fourth-order valence-corrected chi connectivity index (χ4v) is 6.32. The van der Waals surface area contributed by atoms with Crippen molar-refractivity contribution in [1.29, 1.82) is 0 Å². The van der Waals surface area contributed by atoms with Crippen molar-refractivity contribution in [2.24, 2.45) is 0 Å². The second kappa shape index (κ2) is 10.8. The molecule has 0 aromatic heterocycles. The Bertz CT molecular complexity index is 1480. The topological polar surface area (TPSA) is 47.6 Å². The molecular weight excluding hydrogens is 533 g/mol. The molecule has 2 N–H and O–H groups in total.